The molecule has 3 rings (SSSR count). The zero-order chi connectivity index (χ0) is 21.2. The van der Waals surface area contributed by atoms with Gasteiger partial charge in [0.15, 0.2) is 0 Å². The van der Waals surface area contributed by atoms with Crippen LogP contribution in [0.3, 0.4) is 0 Å². The van der Waals surface area contributed by atoms with Gasteiger partial charge in [-0.05, 0) is 29.2 Å². The summed E-state index contributed by atoms with van der Waals surface area (Å²) in [7, 11) is 1.80. The largest absolute Gasteiger partial charge is 0.341 e. The van der Waals surface area contributed by atoms with Gasteiger partial charge in [-0.1, -0.05) is 57.2 Å². The van der Waals surface area contributed by atoms with Gasteiger partial charge in [0.2, 0.25) is 0 Å². The van der Waals surface area contributed by atoms with Gasteiger partial charge in [-0.3, -0.25) is 9.59 Å². The average molecular weight is 394 g/mol. The fraction of sp³-hybridized carbons (Fsp3) is 0.417. The SMILES string of the molecule is CN(CC(C)(C)C)C(=O)c1cccc(C(=O)N2C[C@@H](N)[C@H](c3ccccc3)C2)c1. The molecule has 2 N–H and O–H groups in total. The van der Waals surface area contributed by atoms with Crippen LogP contribution in [0.25, 0.3) is 0 Å². The van der Waals surface area contributed by atoms with Gasteiger partial charge in [-0.25, -0.2) is 0 Å². The quantitative estimate of drug-likeness (QED) is 0.866. The first-order chi connectivity index (χ1) is 13.7. The molecule has 5 nitrogen and oxygen atoms in total. The number of hydrogen-bond acceptors (Lipinski definition) is 3. The summed E-state index contributed by atoms with van der Waals surface area (Å²) in [4.78, 5) is 29.4. The van der Waals surface area contributed by atoms with Crippen LogP contribution in [0.4, 0.5) is 0 Å². The maximum absolute atomic E-state index is 13.1. The van der Waals surface area contributed by atoms with Crippen LogP contribution in [0.15, 0.2) is 54.6 Å². The predicted octanol–water partition coefficient (Wildman–Crippen LogP) is 3.37. The summed E-state index contributed by atoms with van der Waals surface area (Å²) in [5, 5.41) is 0. The molecule has 0 aromatic heterocycles. The first-order valence-electron chi connectivity index (χ1n) is 10.1. The molecule has 5 heteroatoms. The van der Waals surface area contributed by atoms with Crippen molar-refractivity contribution in [3.8, 4) is 0 Å². The van der Waals surface area contributed by atoms with E-state index in [1.54, 1.807) is 41.1 Å². The molecule has 1 aliphatic rings. The van der Waals surface area contributed by atoms with E-state index in [2.05, 4.69) is 32.9 Å². The maximum Gasteiger partial charge on any atom is 0.253 e. The Morgan fingerprint density at radius 3 is 2.34 bits per heavy atom. The summed E-state index contributed by atoms with van der Waals surface area (Å²) in [6.45, 7) is 8.03. The Morgan fingerprint density at radius 1 is 1.03 bits per heavy atom. The van der Waals surface area contributed by atoms with E-state index in [0.29, 0.717) is 30.8 Å². The monoisotopic (exact) mass is 393 g/mol. The van der Waals surface area contributed by atoms with Crippen LogP contribution >= 0.6 is 0 Å². The van der Waals surface area contributed by atoms with E-state index in [0.717, 1.165) is 5.56 Å². The molecule has 0 unspecified atom stereocenters. The second-order valence-electron chi connectivity index (χ2n) is 9.19. The van der Waals surface area contributed by atoms with Crippen LogP contribution in [0, 0.1) is 5.41 Å². The molecule has 29 heavy (non-hydrogen) atoms. The highest BCUT2D eigenvalue weighted by molar-refractivity contribution is 5.99. The zero-order valence-corrected chi connectivity index (χ0v) is 17.8. The van der Waals surface area contributed by atoms with E-state index in [9.17, 15) is 9.59 Å². The first-order valence-corrected chi connectivity index (χ1v) is 10.1. The highest BCUT2D eigenvalue weighted by atomic mass is 16.2. The van der Waals surface area contributed by atoms with Crippen LogP contribution in [-0.2, 0) is 0 Å². The molecule has 2 aromatic carbocycles. The van der Waals surface area contributed by atoms with Gasteiger partial charge < -0.3 is 15.5 Å². The van der Waals surface area contributed by atoms with Crippen LogP contribution in [0.1, 0.15) is 53.0 Å². The van der Waals surface area contributed by atoms with Crippen molar-refractivity contribution in [2.75, 3.05) is 26.7 Å². The van der Waals surface area contributed by atoms with Crippen LogP contribution < -0.4 is 5.73 Å². The van der Waals surface area contributed by atoms with Crippen molar-refractivity contribution in [1.29, 1.82) is 0 Å². The minimum absolute atomic E-state index is 0.00990. The molecule has 154 valence electrons. The predicted molar refractivity (Wildman–Crippen MR) is 116 cm³/mol. The molecule has 0 radical (unpaired) electrons. The van der Waals surface area contributed by atoms with Crippen molar-refractivity contribution in [1.82, 2.24) is 9.80 Å². The smallest absolute Gasteiger partial charge is 0.253 e. The van der Waals surface area contributed by atoms with Gasteiger partial charge in [0.05, 0.1) is 0 Å². The van der Waals surface area contributed by atoms with Gasteiger partial charge in [0.25, 0.3) is 11.8 Å². The van der Waals surface area contributed by atoms with Gasteiger partial charge in [0, 0.05) is 49.8 Å². The molecule has 1 aliphatic heterocycles. The average Bonchev–Trinajstić information content (AvgIpc) is 3.08. The molecular formula is C24H31N3O2. The molecule has 1 saturated heterocycles. The van der Waals surface area contributed by atoms with Crippen LogP contribution in [0.2, 0.25) is 0 Å². The Bertz CT molecular complexity index is 873. The number of carbonyl (C=O) groups excluding carboxylic acids is 2. The number of nitrogens with two attached hydrogens (primary N) is 1. The molecule has 1 fully saturated rings. The normalized spacial score (nSPS) is 19.3. The number of carbonyl (C=O) groups is 2. The van der Waals surface area contributed by atoms with E-state index in [-0.39, 0.29) is 29.2 Å². The number of hydrogen-bond donors (Lipinski definition) is 1. The second kappa shape index (κ2) is 8.37. The van der Waals surface area contributed by atoms with E-state index in [1.807, 2.05) is 18.2 Å². The second-order valence-corrected chi connectivity index (χ2v) is 9.19. The van der Waals surface area contributed by atoms with Crippen molar-refractivity contribution in [2.45, 2.75) is 32.7 Å². The first kappa shape index (κ1) is 21.1. The van der Waals surface area contributed by atoms with Crippen LogP contribution in [0.5, 0.6) is 0 Å². The van der Waals surface area contributed by atoms with Gasteiger partial charge in [-0.15, -0.1) is 0 Å². The molecule has 0 aliphatic carbocycles. The summed E-state index contributed by atoms with van der Waals surface area (Å²) >= 11 is 0. The Labute approximate surface area is 173 Å². The molecule has 2 amide bonds. The van der Waals surface area contributed by atoms with Gasteiger partial charge in [0.1, 0.15) is 0 Å². The number of amides is 2. The summed E-state index contributed by atoms with van der Waals surface area (Å²) in [6.07, 6.45) is 0. The molecule has 2 atom stereocenters. The summed E-state index contributed by atoms with van der Waals surface area (Å²) in [5.41, 5.74) is 8.57. The third-order valence-corrected chi connectivity index (χ3v) is 5.29. The lowest BCUT2D eigenvalue weighted by atomic mass is 9.95. The van der Waals surface area contributed by atoms with Gasteiger partial charge in [-0.2, -0.15) is 0 Å². The molecule has 1 heterocycles. The van der Waals surface area contributed by atoms with Crippen molar-refractivity contribution in [3.05, 3.63) is 71.3 Å². The molecule has 0 saturated carbocycles. The molecule has 0 spiro atoms. The standard InChI is InChI=1S/C24H31N3O2/c1-24(2,3)16-26(4)22(28)18-11-8-12-19(13-18)23(29)27-14-20(21(25)15-27)17-9-6-5-7-10-17/h5-13,20-21H,14-16,25H2,1-4H3/t20-,21+/m0/s1. The van der Waals surface area contributed by atoms with Crippen molar-refractivity contribution < 1.29 is 9.59 Å². The summed E-state index contributed by atoms with van der Waals surface area (Å²) < 4.78 is 0. The Kier molecular flexibility index (Phi) is 6.08. The van der Waals surface area contributed by atoms with E-state index in [4.69, 9.17) is 5.73 Å². The molecule has 2 aromatic rings. The fourth-order valence-corrected chi connectivity index (χ4v) is 4.02. The third-order valence-electron chi connectivity index (χ3n) is 5.29. The van der Waals surface area contributed by atoms with E-state index < -0.39 is 0 Å². The maximum atomic E-state index is 13.1. The Morgan fingerprint density at radius 2 is 1.69 bits per heavy atom. The van der Waals surface area contributed by atoms with Gasteiger partial charge >= 0.3 is 0 Å². The number of nitrogens with zero attached hydrogens (tertiary/aromatic N) is 2. The highest BCUT2D eigenvalue weighted by Gasteiger charge is 2.34. The lowest BCUT2D eigenvalue weighted by Gasteiger charge is -2.26. The topological polar surface area (TPSA) is 66.6 Å². The third kappa shape index (κ3) is 5.04. The summed E-state index contributed by atoms with van der Waals surface area (Å²) in [6, 6.07) is 17.0. The lowest BCUT2D eigenvalue weighted by molar-refractivity contribution is 0.0745. The number of benzene rings is 2. The Balaban J connectivity index is 1.74. The van der Waals surface area contributed by atoms with Crippen LogP contribution in [-0.4, -0.2) is 54.3 Å². The fourth-order valence-electron chi connectivity index (χ4n) is 4.02. The minimum atomic E-state index is -0.0934. The minimum Gasteiger partial charge on any atom is -0.341 e. The summed E-state index contributed by atoms with van der Waals surface area (Å²) in [5.74, 6) is -0.0234. The van der Waals surface area contributed by atoms with E-state index in [1.165, 1.54) is 0 Å². The van der Waals surface area contributed by atoms with Crippen molar-refractivity contribution >= 4 is 11.8 Å². The Hall–Kier alpha value is -2.66. The van der Waals surface area contributed by atoms with E-state index >= 15 is 0 Å². The molecular weight excluding hydrogens is 362 g/mol. The lowest BCUT2D eigenvalue weighted by Crippen LogP contribution is -2.35. The number of rotatable bonds is 4. The number of likely N-dealkylation sites (tertiary alicyclic amines) is 1. The highest BCUT2D eigenvalue weighted by Crippen LogP contribution is 2.27. The van der Waals surface area contributed by atoms with Crippen molar-refractivity contribution in [2.24, 2.45) is 11.1 Å². The van der Waals surface area contributed by atoms with Crippen molar-refractivity contribution in [3.63, 3.8) is 0 Å². The molecule has 0 bridgehead atoms. The zero-order valence-electron chi connectivity index (χ0n) is 17.8.